The minimum atomic E-state index is -0.0369. The molecule has 0 bridgehead atoms. The lowest BCUT2D eigenvalue weighted by molar-refractivity contribution is 0.354. The van der Waals surface area contributed by atoms with E-state index in [-0.39, 0.29) is 6.04 Å². The quantitative estimate of drug-likeness (QED) is 0.555. The Kier molecular flexibility index (Phi) is 3.53. The number of ether oxygens (including phenoxy) is 2. The Morgan fingerprint density at radius 2 is 1.78 bits per heavy atom. The molecule has 3 heterocycles. The Morgan fingerprint density at radius 3 is 2.63 bits per heavy atom. The van der Waals surface area contributed by atoms with Gasteiger partial charge in [0.2, 0.25) is 0 Å². The molecule has 0 spiro atoms. The summed E-state index contributed by atoms with van der Waals surface area (Å²) < 4.78 is 10.9. The molecule has 2 N–H and O–H groups in total. The van der Waals surface area contributed by atoms with Crippen LogP contribution >= 0.6 is 0 Å². The molecule has 1 aliphatic rings. The fourth-order valence-corrected chi connectivity index (χ4v) is 3.91. The summed E-state index contributed by atoms with van der Waals surface area (Å²) in [5.74, 6) is 1.43. The number of para-hydroxylation sites is 1. The van der Waals surface area contributed by atoms with Gasteiger partial charge < -0.3 is 19.8 Å². The molecule has 0 saturated carbocycles. The molecule has 4 aromatic rings. The average molecular weight is 357 g/mol. The molecular weight excluding hydrogens is 338 g/mol. The smallest absolute Gasteiger partial charge is 0.161 e. The van der Waals surface area contributed by atoms with Crippen molar-refractivity contribution in [2.24, 2.45) is 0 Å². The van der Waals surface area contributed by atoms with Gasteiger partial charge >= 0.3 is 0 Å². The van der Waals surface area contributed by atoms with E-state index >= 15 is 0 Å². The summed E-state index contributed by atoms with van der Waals surface area (Å²) in [5, 5.41) is 4.86. The van der Waals surface area contributed by atoms with E-state index in [4.69, 9.17) is 9.47 Å². The average Bonchev–Trinajstić information content (AvgIpc) is 3.09. The minimum Gasteiger partial charge on any atom is -0.493 e. The minimum absolute atomic E-state index is 0.0369. The van der Waals surface area contributed by atoms with Crippen LogP contribution in [0.3, 0.4) is 0 Å². The van der Waals surface area contributed by atoms with Gasteiger partial charge in [-0.1, -0.05) is 24.3 Å². The van der Waals surface area contributed by atoms with Gasteiger partial charge in [0, 0.05) is 34.6 Å². The first-order chi connectivity index (χ1) is 13.3. The summed E-state index contributed by atoms with van der Waals surface area (Å²) in [6.07, 6.45) is 3.90. The second-order valence-corrected chi connectivity index (χ2v) is 6.56. The highest BCUT2D eigenvalue weighted by atomic mass is 16.5. The van der Waals surface area contributed by atoms with Gasteiger partial charge in [-0.25, -0.2) is 4.98 Å². The van der Waals surface area contributed by atoms with Crippen molar-refractivity contribution in [3.05, 3.63) is 72.1 Å². The maximum Gasteiger partial charge on any atom is 0.161 e. The van der Waals surface area contributed by atoms with Crippen molar-refractivity contribution in [2.45, 2.75) is 6.04 Å². The number of benzene rings is 2. The second kappa shape index (κ2) is 6.06. The number of hydrogen-bond donors (Lipinski definition) is 2. The lowest BCUT2D eigenvalue weighted by Crippen LogP contribution is -2.11. The van der Waals surface area contributed by atoms with Crippen LogP contribution in [-0.4, -0.2) is 24.2 Å². The molecule has 1 unspecified atom stereocenters. The Morgan fingerprint density at radius 1 is 0.926 bits per heavy atom. The van der Waals surface area contributed by atoms with Crippen LogP contribution in [0.25, 0.3) is 22.2 Å². The number of pyridine rings is 1. The van der Waals surface area contributed by atoms with Crippen LogP contribution in [0.5, 0.6) is 11.5 Å². The highest BCUT2D eigenvalue weighted by Gasteiger charge is 2.26. The van der Waals surface area contributed by atoms with Crippen LogP contribution in [0.2, 0.25) is 0 Å². The first-order valence-corrected chi connectivity index (χ1v) is 8.84. The van der Waals surface area contributed by atoms with E-state index in [1.807, 2.05) is 24.5 Å². The number of aromatic amines is 1. The zero-order valence-corrected chi connectivity index (χ0v) is 15.1. The number of nitrogens with one attached hydrogen (secondary N) is 2. The van der Waals surface area contributed by atoms with Crippen LogP contribution in [0.1, 0.15) is 17.2 Å². The number of anilines is 1. The van der Waals surface area contributed by atoms with Gasteiger partial charge in [-0.3, -0.25) is 0 Å². The van der Waals surface area contributed by atoms with Gasteiger partial charge in [-0.15, -0.1) is 0 Å². The molecule has 5 nitrogen and oxygen atoms in total. The molecule has 1 atom stereocenters. The van der Waals surface area contributed by atoms with E-state index in [1.165, 1.54) is 11.1 Å². The Balaban J connectivity index is 1.77. The Labute approximate surface area is 157 Å². The Bertz CT molecular complexity index is 1150. The van der Waals surface area contributed by atoms with Crippen molar-refractivity contribution in [1.82, 2.24) is 9.97 Å². The van der Waals surface area contributed by atoms with Crippen LogP contribution < -0.4 is 14.8 Å². The molecular formula is C22H19N3O2. The summed E-state index contributed by atoms with van der Waals surface area (Å²) in [6, 6.07) is 16.5. The summed E-state index contributed by atoms with van der Waals surface area (Å²) >= 11 is 0. The number of methoxy groups -OCH3 is 2. The molecule has 5 heteroatoms. The van der Waals surface area contributed by atoms with E-state index < -0.39 is 0 Å². The van der Waals surface area contributed by atoms with Crippen LogP contribution in [0.4, 0.5) is 5.69 Å². The third-order valence-corrected chi connectivity index (χ3v) is 5.17. The van der Waals surface area contributed by atoms with E-state index in [0.717, 1.165) is 33.6 Å². The summed E-state index contributed by atoms with van der Waals surface area (Å²) in [6.45, 7) is 0. The van der Waals surface area contributed by atoms with Gasteiger partial charge in [-0.05, 0) is 35.4 Å². The van der Waals surface area contributed by atoms with Crippen molar-refractivity contribution >= 4 is 16.7 Å². The first kappa shape index (κ1) is 15.8. The van der Waals surface area contributed by atoms with Crippen LogP contribution in [-0.2, 0) is 0 Å². The fraction of sp³-hybridized carbons (Fsp3) is 0.136. The highest BCUT2D eigenvalue weighted by Crippen LogP contribution is 2.44. The molecule has 2 aromatic heterocycles. The molecule has 1 aliphatic heterocycles. The van der Waals surface area contributed by atoms with Crippen LogP contribution in [0.15, 0.2) is 60.9 Å². The van der Waals surface area contributed by atoms with E-state index in [0.29, 0.717) is 5.75 Å². The standard InChI is InChI=1S/C22H19N3O2/c1-26-18-8-7-13(11-19(18)27-2)21-16-12-24-22-20(16)15(9-10-23-22)14-5-3-4-6-17(14)25-21/h3-12,21,25H,1-2H3,(H,23,24). The number of nitrogens with zero attached hydrogens (tertiary/aromatic N) is 1. The summed E-state index contributed by atoms with van der Waals surface area (Å²) in [7, 11) is 3.31. The fourth-order valence-electron chi connectivity index (χ4n) is 3.91. The van der Waals surface area contributed by atoms with E-state index in [9.17, 15) is 0 Å². The van der Waals surface area contributed by atoms with Crippen molar-refractivity contribution in [3.8, 4) is 22.6 Å². The van der Waals surface area contributed by atoms with Gasteiger partial charge in [0.05, 0.1) is 20.3 Å². The van der Waals surface area contributed by atoms with E-state index in [1.54, 1.807) is 14.2 Å². The second-order valence-electron chi connectivity index (χ2n) is 6.56. The predicted octanol–water partition coefficient (Wildman–Crippen LogP) is 4.76. The maximum atomic E-state index is 5.52. The first-order valence-electron chi connectivity index (χ1n) is 8.84. The topological polar surface area (TPSA) is 59.2 Å². The maximum absolute atomic E-state index is 5.52. The van der Waals surface area contributed by atoms with Gasteiger partial charge in [0.15, 0.2) is 11.5 Å². The third-order valence-electron chi connectivity index (χ3n) is 5.17. The molecule has 5 rings (SSSR count). The molecule has 0 aliphatic carbocycles. The van der Waals surface area contributed by atoms with Crippen molar-refractivity contribution in [3.63, 3.8) is 0 Å². The molecule has 0 radical (unpaired) electrons. The van der Waals surface area contributed by atoms with Gasteiger partial charge in [0.1, 0.15) is 5.65 Å². The lowest BCUT2D eigenvalue weighted by atomic mass is 9.97. The summed E-state index contributed by atoms with van der Waals surface area (Å²) in [4.78, 5) is 7.84. The molecule has 2 aromatic carbocycles. The number of H-pyrrole nitrogens is 1. The normalized spacial score (nSPS) is 15.0. The SMILES string of the molecule is COc1ccc(C2Nc3ccccc3-c3ccnc4[nH]cc2c34)cc1OC. The number of aromatic nitrogens is 2. The van der Waals surface area contributed by atoms with Crippen molar-refractivity contribution in [2.75, 3.05) is 19.5 Å². The number of rotatable bonds is 3. The largest absolute Gasteiger partial charge is 0.493 e. The zero-order valence-electron chi connectivity index (χ0n) is 15.1. The van der Waals surface area contributed by atoms with Crippen molar-refractivity contribution < 1.29 is 9.47 Å². The monoisotopic (exact) mass is 357 g/mol. The van der Waals surface area contributed by atoms with Crippen LogP contribution in [0, 0.1) is 0 Å². The number of fused-ring (bicyclic) bond motifs is 2. The molecule has 0 amide bonds. The summed E-state index contributed by atoms with van der Waals surface area (Å²) in [5.41, 5.74) is 6.61. The predicted molar refractivity (Wildman–Crippen MR) is 107 cm³/mol. The van der Waals surface area contributed by atoms with Gasteiger partial charge in [-0.2, -0.15) is 0 Å². The molecule has 0 saturated heterocycles. The number of hydrogen-bond acceptors (Lipinski definition) is 4. The Hall–Kier alpha value is -3.47. The van der Waals surface area contributed by atoms with Crippen molar-refractivity contribution in [1.29, 1.82) is 0 Å². The highest BCUT2D eigenvalue weighted by molar-refractivity contribution is 6.01. The van der Waals surface area contributed by atoms with E-state index in [2.05, 4.69) is 51.7 Å². The molecule has 134 valence electrons. The lowest BCUT2D eigenvalue weighted by Gasteiger charge is -2.20. The molecule has 0 fully saturated rings. The van der Waals surface area contributed by atoms with Gasteiger partial charge in [0.25, 0.3) is 0 Å². The third kappa shape index (κ3) is 2.35. The zero-order chi connectivity index (χ0) is 18.4. The molecule has 27 heavy (non-hydrogen) atoms.